The highest BCUT2D eigenvalue weighted by molar-refractivity contribution is 6.13. The summed E-state index contributed by atoms with van der Waals surface area (Å²) < 4.78 is 0. The van der Waals surface area contributed by atoms with Crippen LogP contribution in [-0.4, -0.2) is 17.3 Å². The lowest BCUT2D eigenvalue weighted by Gasteiger charge is -2.33. The van der Waals surface area contributed by atoms with Gasteiger partial charge < -0.3 is 5.11 Å². The van der Waals surface area contributed by atoms with Crippen molar-refractivity contribution in [1.29, 1.82) is 0 Å². The van der Waals surface area contributed by atoms with Gasteiger partial charge >= 0.3 is 0 Å². The number of hydrogen-bond acceptors (Lipinski definition) is 2. The standard InChI is InChI=1S/C7H14ClNO/c8-9-7(6-10)4-2-1-3-5-7/h9-10H,1-6H2. The van der Waals surface area contributed by atoms with Gasteiger partial charge in [0.25, 0.3) is 0 Å². The van der Waals surface area contributed by atoms with E-state index in [1.807, 2.05) is 0 Å². The molecule has 1 rings (SSSR count). The zero-order valence-corrected chi connectivity index (χ0v) is 6.82. The van der Waals surface area contributed by atoms with E-state index < -0.39 is 0 Å². The minimum Gasteiger partial charge on any atom is -0.394 e. The molecule has 0 amide bonds. The Hall–Kier alpha value is 0.210. The molecule has 0 heterocycles. The summed E-state index contributed by atoms with van der Waals surface area (Å²) in [5.41, 5.74) is -0.167. The molecule has 0 aromatic heterocycles. The Balaban J connectivity index is 2.44. The summed E-state index contributed by atoms with van der Waals surface area (Å²) in [6.07, 6.45) is 5.65. The lowest BCUT2D eigenvalue weighted by atomic mass is 9.83. The van der Waals surface area contributed by atoms with Gasteiger partial charge in [0, 0.05) is 0 Å². The number of halogens is 1. The molecular formula is C7H14ClNO. The first-order chi connectivity index (χ1) is 4.83. The van der Waals surface area contributed by atoms with Crippen LogP contribution in [0.3, 0.4) is 0 Å². The van der Waals surface area contributed by atoms with Crippen LogP contribution in [0.4, 0.5) is 0 Å². The highest BCUT2D eigenvalue weighted by Gasteiger charge is 2.29. The van der Waals surface area contributed by atoms with Gasteiger partial charge in [0.05, 0.1) is 12.1 Å². The predicted octanol–water partition coefficient (Wildman–Crippen LogP) is 1.43. The van der Waals surface area contributed by atoms with E-state index in [2.05, 4.69) is 4.84 Å². The van der Waals surface area contributed by atoms with Crippen molar-refractivity contribution in [3.63, 3.8) is 0 Å². The largest absolute Gasteiger partial charge is 0.394 e. The number of aliphatic hydroxyl groups excluding tert-OH is 1. The van der Waals surface area contributed by atoms with E-state index in [1.54, 1.807) is 0 Å². The summed E-state index contributed by atoms with van der Waals surface area (Å²) in [7, 11) is 0. The van der Waals surface area contributed by atoms with Crippen molar-refractivity contribution in [2.24, 2.45) is 0 Å². The highest BCUT2D eigenvalue weighted by atomic mass is 35.5. The SMILES string of the molecule is OCC1(NCl)CCCCC1. The Morgan fingerprint density at radius 2 is 1.90 bits per heavy atom. The van der Waals surface area contributed by atoms with Crippen LogP contribution in [0, 0.1) is 0 Å². The second-order valence-electron chi connectivity index (χ2n) is 3.09. The number of hydrogen-bond donors (Lipinski definition) is 2. The third-order valence-corrected chi connectivity index (χ3v) is 2.71. The Labute approximate surface area is 66.7 Å². The molecule has 10 heavy (non-hydrogen) atoms. The number of rotatable bonds is 2. The molecule has 2 nitrogen and oxygen atoms in total. The topological polar surface area (TPSA) is 32.3 Å². The van der Waals surface area contributed by atoms with E-state index >= 15 is 0 Å². The lowest BCUT2D eigenvalue weighted by molar-refractivity contribution is 0.143. The molecular weight excluding hydrogens is 150 g/mol. The first-order valence-electron chi connectivity index (χ1n) is 3.82. The van der Waals surface area contributed by atoms with Gasteiger partial charge in [-0.15, -0.1) is 0 Å². The van der Waals surface area contributed by atoms with Crippen molar-refractivity contribution in [2.75, 3.05) is 6.61 Å². The third-order valence-electron chi connectivity index (χ3n) is 2.31. The maximum Gasteiger partial charge on any atom is 0.0625 e. The molecule has 0 unspecified atom stereocenters. The van der Waals surface area contributed by atoms with Crippen LogP contribution in [0.1, 0.15) is 32.1 Å². The lowest BCUT2D eigenvalue weighted by Crippen LogP contribution is -2.45. The average Bonchev–Trinajstić information content (AvgIpc) is 2.06. The van der Waals surface area contributed by atoms with E-state index in [0.717, 1.165) is 12.8 Å². The fraction of sp³-hybridized carbons (Fsp3) is 1.00. The molecule has 1 saturated carbocycles. The number of nitrogens with one attached hydrogen (secondary N) is 1. The molecule has 0 aliphatic heterocycles. The minimum atomic E-state index is -0.167. The summed E-state index contributed by atoms with van der Waals surface area (Å²) in [6, 6.07) is 0. The van der Waals surface area contributed by atoms with Crippen LogP contribution < -0.4 is 4.84 Å². The van der Waals surface area contributed by atoms with Crippen molar-refractivity contribution < 1.29 is 5.11 Å². The summed E-state index contributed by atoms with van der Waals surface area (Å²) in [5, 5.41) is 8.99. The molecule has 3 heteroatoms. The van der Waals surface area contributed by atoms with Crippen LogP contribution in [0.2, 0.25) is 0 Å². The Kier molecular flexibility index (Phi) is 2.96. The summed E-state index contributed by atoms with van der Waals surface area (Å²) >= 11 is 5.53. The maximum absolute atomic E-state index is 8.99. The summed E-state index contributed by atoms with van der Waals surface area (Å²) in [4.78, 5) is 2.69. The van der Waals surface area contributed by atoms with Crippen LogP contribution in [-0.2, 0) is 0 Å². The minimum absolute atomic E-state index is 0.163. The van der Waals surface area contributed by atoms with E-state index in [0.29, 0.717) is 0 Å². The summed E-state index contributed by atoms with van der Waals surface area (Å²) in [6.45, 7) is 0.163. The normalized spacial score (nSPS) is 24.6. The smallest absolute Gasteiger partial charge is 0.0625 e. The molecule has 0 spiro atoms. The van der Waals surface area contributed by atoms with Crippen molar-refractivity contribution in [1.82, 2.24) is 4.84 Å². The predicted molar refractivity (Wildman–Crippen MR) is 41.9 cm³/mol. The van der Waals surface area contributed by atoms with E-state index in [9.17, 15) is 0 Å². The number of aliphatic hydroxyl groups is 1. The molecule has 1 fully saturated rings. The zero-order valence-electron chi connectivity index (χ0n) is 6.07. The van der Waals surface area contributed by atoms with E-state index in [4.69, 9.17) is 16.9 Å². The molecule has 0 aromatic rings. The maximum atomic E-state index is 8.99. The molecule has 0 bridgehead atoms. The van der Waals surface area contributed by atoms with E-state index in [-0.39, 0.29) is 12.1 Å². The van der Waals surface area contributed by atoms with Crippen molar-refractivity contribution in [3.05, 3.63) is 0 Å². The van der Waals surface area contributed by atoms with Crippen LogP contribution in [0.5, 0.6) is 0 Å². The molecule has 0 aromatic carbocycles. The molecule has 1 aliphatic rings. The van der Waals surface area contributed by atoms with Gasteiger partial charge in [0.2, 0.25) is 0 Å². The first-order valence-corrected chi connectivity index (χ1v) is 4.19. The van der Waals surface area contributed by atoms with Crippen molar-refractivity contribution in [2.45, 2.75) is 37.6 Å². The molecule has 0 saturated heterocycles. The van der Waals surface area contributed by atoms with E-state index in [1.165, 1.54) is 19.3 Å². The first kappa shape index (κ1) is 8.31. The van der Waals surface area contributed by atoms with Gasteiger partial charge in [0.1, 0.15) is 0 Å². The zero-order chi connectivity index (χ0) is 7.45. The molecule has 0 radical (unpaired) electrons. The second kappa shape index (κ2) is 3.56. The monoisotopic (exact) mass is 163 g/mol. The van der Waals surface area contributed by atoms with Gasteiger partial charge in [-0.05, 0) is 24.6 Å². The third kappa shape index (κ3) is 1.62. The van der Waals surface area contributed by atoms with Gasteiger partial charge in [-0.2, -0.15) is 0 Å². The van der Waals surface area contributed by atoms with Crippen LogP contribution >= 0.6 is 11.8 Å². The second-order valence-corrected chi connectivity index (χ2v) is 3.28. The van der Waals surface area contributed by atoms with Crippen molar-refractivity contribution >= 4 is 11.8 Å². The molecule has 60 valence electrons. The van der Waals surface area contributed by atoms with Crippen LogP contribution in [0.15, 0.2) is 0 Å². The van der Waals surface area contributed by atoms with Crippen molar-refractivity contribution in [3.8, 4) is 0 Å². The molecule has 0 atom stereocenters. The average molecular weight is 164 g/mol. The Morgan fingerprint density at radius 1 is 1.30 bits per heavy atom. The summed E-state index contributed by atoms with van der Waals surface area (Å²) in [5.74, 6) is 0. The van der Waals surface area contributed by atoms with Gasteiger partial charge in [-0.1, -0.05) is 19.3 Å². The molecule has 2 N–H and O–H groups in total. The van der Waals surface area contributed by atoms with Gasteiger partial charge in [-0.3, -0.25) is 0 Å². The van der Waals surface area contributed by atoms with Crippen LogP contribution in [0.25, 0.3) is 0 Å². The fourth-order valence-electron chi connectivity index (χ4n) is 1.51. The Morgan fingerprint density at radius 3 is 2.20 bits per heavy atom. The highest BCUT2D eigenvalue weighted by Crippen LogP contribution is 2.27. The Bertz CT molecular complexity index is 95.8. The fourth-order valence-corrected chi connectivity index (χ4v) is 1.76. The van der Waals surface area contributed by atoms with Gasteiger partial charge in [-0.25, -0.2) is 4.84 Å². The van der Waals surface area contributed by atoms with Gasteiger partial charge in [0.15, 0.2) is 0 Å². The molecule has 1 aliphatic carbocycles. The quantitative estimate of drug-likeness (QED) is 0.604.